The van der Waals surface area contributed by atoms with E-state index in [1.165, 1.54) is 23.1 Å². The monoisotopic (exact) mass is 268 g/mol. The van der Waals surface area contributed by atoms with Gasteiger partial charge >= 0.3 is 0 Å². The van der Waals surface area contributed by atoms with E-state index in [1.807, 2.05) is 14.1 Å². The summed E-state index contributed by atoms with van der Waals surface area (Å²) in [6.45, 7) is 2.22. The number of anilines is 1. The molecule has 0 fully saturated rings. The van der Waals surface area contributed by atoms with Crippen LogP contribution in [0.5, 0.6) is 0 Å². The van der Waals surface area contributed by atoms with Gasteiger partial charge in [-0.05, 0) is 42.3 Å². The number of benzene rings is 2. The Bertz CT molecular complexity index is 531. The van der Waals surface area contributed by atoms with E-state index < -0.39 is 0 Å². The van der Waals surface area contributed by atoms with Crippen molar-refractivity contribution < 1.29 is 0 Å². The maximum atomic E-state index is 3.41. The summed E-state index contributed by atoms with van der Waals surface area (Å²) in [6, 6.07) is 17.7. The summed E-state index contributed by atoms with van der Waals surface area (Å²) in [7, 11) is 3.96. The van der Waals surface area contributed by atoms with E-state index in [2.05, 4.69) is 66.1 Å². The molecule has 1 atom stereocenters. The zero-order chi connectivity index (χ0) is 14.4. The van der Waals surface area contributed by atoms with E-state index in [1.54, 1.807) is 0 Å². The molecule has 0 spiro atoms. The highest BCUT2D eigenvalue weighted by molar-refractivity contribution is 5.47. The molecule has 0 heterocycles. The molecule has 2 rings (SSSR count). The van der Waals surface area contributed by atoms with Crippen molar-refractivity contribution in [1.82, 2.24) is 5.32 Å². The summed E-state index contributed by atoms with van der Waals surface area (Å²) < 4.78 is 0. The average Bonchev–Trinajstić information content (AvgIpc) is 2.50. The smallest absolute Gasteiger partial charge is 0.0575 e. The van der Waals surface area contributed by atoms with Crippen molar-refractivity contribution >= 4 is 5.69 Å². The predicted molar refractivity (Wildman–Crippen MR) is 87.3 cm³/mol. The molecule has 2 aromatic rings. The lowest BCUT2D eigenvalue weighted by molar-refractivity contribution is 0.691. The van der Waals surface area contributed by atoms with Crippen LogP contribution in [-0.4, -0.2) is 14.1 Å². The summed E-state index contributed by atoms with van der Waals surface area (Å²) in [4.78, 5) is 0. The summed E-state index contributed by atoms with van der Waals surface area (Å²) >= 11 is 0. The van der Waals surface area contributed by atoms with Crippen LogP contribution in [0.3, 0.4) is 0 Å². The molecule has 0 saturated heterocycles. The van der Waals surface area contributed by atoms with Crippen LogP contribution in [0.2, 0.25) is 0 Å². The topological polar surface area (TPSA) is 24.1 Å². The van der Waals surface area contributed by atoms with E-state index in [4.69, 9.17) is 0 Å². The molecular weight excluding hydrogens is 244 g/mol. The average molecular weight is 268 g/mol. The first-order valence-corrected chi connectivity index (χ1v) is 7.32. The summed E-state index contributed by atoms with van der Waals surface area (Å²) in [6.07, 6.45) is 2.35. The number of nitrogens with one attached hydrogen (secondary N) is 2. The maximum absolute atomic E-state index is 3.41. The highest BCUT2D eigenvalue weighted by Crippen LogP contribution is 2.24. The minimum absolute atomic E-state index is 0.235. The molecule has 0 saturated carbocycles. The van der Waals surface area contributed by atoms with Crippen LogP contribution >= 0.6 is 0 Å². The molecule has 0 amide bonds. The predicted octanol–water partition coefficient (Wildman–Crippen LogP) is 3.99. The van der Waals surface area contributed by atoms with E-state index in [-0.39, 0.29) is 6.04 Å². The van der Waals surface area contributed by atoms with Crippen molar-refractivity contribution in [2.45, 2.75) is 25.8 Å². The Morgan fingerprint density at radius 1 is 0.950 bits per heavy atom. The fourth-order valence-electron chi connectivity index (χ4n) is 2.56. The van der Waals surface area contributed by atoms with Gasteiger partial charge in [-0.3, -0.25) is 0 Å². The highest BCUT2D eigenvalue weighted by atomic mass is 14.9. The molecule has 0 aliphatic carbocycles. The van der Waals surface area contributed by atoms with Crippen LogP contribution in [0.4, 0.5) is 5.69 Å². The molecule has 0 aliphatic heterocycles. The fraction of sp³-hybridized carbons (Fsp3) is 0.333. The third kappa shape index (κ3) is 3.40. The molecule has 106 valence electrons. The van der Waals surface area contributed by atoms with Crippen molar-refractivity contribution in [3.05, 3.63) is 65.2 Å². The van der Waals surface area contributed by atoms with Gasteiger partial charge in [0.1, 0.15) is 0 Å². The van der Waals surface area contributed by atoms with Crippen LogP contribution in [-0.2, 0) is 6.42 Å². The van der Waals surface area contributed by atoms with Crippen LogP contribution in [0.25, 0.3) is 0 Å². The Morgan fingerprint density at radius 2 is 1.70 bits per heavy atom. The van der Waals surface area contributed by atoms with E-state index in [0.717, 1.165) is 12.1 Å². The SMILES string of the molecule is CCCc1ccc(C(NC)c2cccc(NC)c2)cc1. The third-order valence-electron chi connectivity index (χ3n) is 3.65. The molecule has 0 aromatic heterocycles. The Kier molecular flexibility index (Phi) is 5.19. The van der Waals surface area contributed by atoms with E-state index >= 15 is 0 Å². The van der Waals surface area contributed by atoms with Gasteiger partial charge in [-0.15, -0.1) is 0 Å². The first-order chi connectivity index (χ1) is 9.78. The van der Waals surface area contributed by atoms with Crippen molar-refractivity contribution in [3.8, 4) is 0 Å². The van der Waals surface area contributed by atoms with Gasteiger partial charge in [0, 0.05) is 12.7 Å². The van der Waals surface area contributed by atoms with Crippen molar-refractivity contribution in [2.75, 3.05) is 19.4 Å². The number of hydrogen-bond donors (Lipinski definition) is 2. The molecule has 1 unspecified atom stereocenters. The van der Waals surface area contributed by atoms with Crippen LogP contribution < -0.4 is 10.6 Å². The van der Waals surface area contributed by atoms with Gasteiger partial charge in [0.05, 0.1) is 6.04 Å². The van der Waals surface area contributed by atoms with Gasteiger partial charge in [0.25, 0.3) is 0 Å². The molecule has 0 radical (unpaired) electrons. The van der Waals surface area contributed by atoms with Crippen molar-refractivity contribution in [2.24, 2.45) is 0 Å². The maximum Gasteiger partial charge on any atom is 0.0575 e. The lowest BCUT2D eigenvalue weighted by atomic mass is 9.97. The molecule has 2 N–H and O–H groups in total. The second kappa shape index (κ2) is 7.11. The first kappa shape index (κ1) is 14.6. The zero-order valence-corrected chi connectivity index (χ0v) is 12.6. The second-order valence-electron chi connectivity index (χ2n) is 5.09. The van der Waals surface area contributed by atoms with Crippen molar-refractivity contribution in [3.63, 3.8) is 0 Å². The van der Waals surface area contributed by atoms with Gasteiger partial charge in [0.2, 0.25) is 0 Å². The van der Waals surface area contributed by atoms with Gasteiger partial charge in [-0.1, -0.05) is 49.7 Å². The Hall–Kier alpha value is -1.80. The van der Waals surface area contributed by atoms with Gasteiger partial charge in [-0.2, -0.15) is 0 Å². The van der Waals surface area contributed by atoms with Crippen molar-refractivity contribution in [1.29, 1.82) is 0 Å². The number of rotatable bonds is 6. The zero-order valence-electron chi connectivity index (χ0n) is 12.6. The molecule has 2 heteroatoms. The summed E-state index contributed by atoms with van der Waals surface area (Å²) in [5, 5.41) is 6.61. The van der Waals surface area contributed by atoms with Crippen LogP contribution in [0, 0.1) is 0 Å². The molecule has 0 bridgehead atoms. The number of hydrogen-bond acceptors (Lipinski definition) is 2. The largest absolute Gasteiger partial charge is 0.388 e. The molecular formula is C18H24N2. The van der Waals surface area contributed by atoms with Gasteiger partial charge in [-0.25, -0.2) is 0 Å². The lowest BCUT2D eigenvalue weighted by Gasteiger charge is -2.18. The highest BCUT2D eigenvalue weighted by Gasteiger charge is 2.12. The molecule has 0 aliphatic rings. The van der Waals surface area contributed by atoms with Gasteiger partial charge in [0.15, 0.2) is 0 Å². The lowest BCUT2D eigenvalue weighted by Crippen LogP contribution is -2.17. The summed E-state index contributed by atoms with van der Waals surface area (Å²) in [5.74, 6) is 0. The van der Waals surface area contributed by atoms with E-state index in [0.29, 0.717) is 0 Å². The standard InChI is InChI=1S/C18H24N2/c1-4-6-14-9-11-15(12-10-14)18(20-3)16-7-5-8-17(13-16)19-2/h5,7-13,18-20H,4,6H2,1-3H3. The minimum atomic E-state index is 0.235. The van der Waals surface area contributed by atoms with Crippen LogP contribution in [0.15, 0.2) is 48.5 Å². The minimum Gasteiger partial charge on any atom is -0.388 e. The van der Waals surface area contributed by atoms with Gasteiger partial charge < -0.3 is 10.6 Å². The molecule has 20 heavy (non-hydrogen) atoms. The summed E-state index contributed by atoms with van der Waals surface area (Å²) in [5.41, 5.74) is 5.14. The second-order valence-corrected chi connectivity index (χ2v) is 5.09. The fourth-order valence-corrected chi connectivity index (χ4v) is 2.56. The normalized spacial score (nSPS) is 12.2. The Labute approximate surface area is 122 Å². The Balaban J connectivity index is 2.26. The third-order valence-corrected chi connectivity index (χ3v) is 3.65. The van der Waals surface area contributed by atoms with E-state index in [9.17, 15) is 0 Å². The Morgan fingerprint density at radius 3 is 2.30 bits per heavy atom. The molecule has 2 aromatic carbocycles. The number of aryl methyl sites for hydroxylation is 1. The van der Waals surface area contributed by atoms with Crippen LogP contribution in [0.1, 0.15) is 36.1 Å². The quantitative estimate of drug-likeness (QED) is 0.827. The first-order valence-electron chi connectivity index (χ1n) is 7.32. The molecule has 2 nitrogen and oxygen atoms in total.